The highest BCUT2D eigenvalue weighted by Crippen LogP contribution is 2.45. The molecule has 4 N–H and O–H groups in total. The van der Waals surface area contributed by atoms with Crippen molar-refractivity contribution in [1.82, 2.24) is 35.5 Å². The maximum Gasteiger partial charge on any atom is 0.407 e. The average molecular weight is 745 g/mol. The second kappa shape index (κ2) is 14.6. The Balaban J connectivity index is 1.00. The summed E-state index contributed by atoms with van der Waals surface area (Å²) in [5.41, 5.74) is 8.55. The highest BCUT2D eigenvalue weighted by Gasteiger charge is 2.43. The molecule has 3 aliphatic rings. The minimum absolute atomic E-state index is 0.112. The largest absolute Gasteiger partial charge is 0.453 e. The number of amides is 4. The van der Waals surface area contributed by atoms with Crippen LogP contribution in [0.1, 0.15) is 68.0 Å². The van der Waals surface area contributed by atoms with Gasteiger partial charge in [-0.2, -0.15) is 0 Å². The summed E-state index contributed by atoms with van der Waals surface area (Å²) in [5, 5.41) is 5.43. The molecule has 0 aliphatic carbocycles. The number of ether oxygens (including phenoxy) is 2. The first kappa shape index (κ1) is 35.8. The van der Waals surface area contributed by atoms with Gasteiger partial charge in [-0.25, -0.2) is 19.6 Å². The molecule has 14 nitrogen and oxygen atoms in total. The molecule has 1 fully saturated rings. The Kier molecular flexibility index (Phi) is 9.49. The van der Waals surface area contributed by atoms with Gasteiger partial charge in [0.2, 0.25) is 11.8 Å². The van der Waals surface area contributed by atoms with Crippen LogP contribution >= 0.6 is 0 Å². The van der Waals surface area contributed by atoms with E-state index >= 15 is 0 Å². The number of aryl methyl sites for hydroxylation is 1. The summed E-state index contributed by atoms with van der Waals surface area (Å²) in [6.07, 6.45) is 3.90. The Bertz CT molecular complexity index is 2280. The molecular weight excluding hydrogens is 701 g/mol. The molecular formula is C41H44N8O6. The molecule has 1 saturated heterocycles. The van der Waals surface area contributed by atoms with E-state index in [2.05, 4.69) is 49.9 Å². The first-order valence-corrected chi connectivity index (χ1v) is 18.7. The normalized spacial score (nSPS) is 19.7. The van der Waals surface area contributed by atoms with Gasteiger partial charge in [-0.1, -0.05) is 62.4 Å². The zero-order chi connectivity index (χ0) is 38.4. The molecule has 0 bridgehead atoms. The van der Waals surface area contributed by atoms with E-state index in [-0.39, 0.29) is 29.8 Å². The predicted octanol–water partition coefficient (Wildman–Crippen LogP) is 5.97. The number of methoxy groups -OCH3 is 2. The molecule has 4 atom stereocenters. The van der Waals surface area contributed by atoms with Gasteiger partial charge in [0.1, 0.15) is 23.7 Å². The van der Waals surface area contributed by atoms with Crippen LogP contribution in [0.25, 0.3) is 33.4 Å². The van der Waals surface area contributed by atoms with Gasteiger partial charge >= 0.3 is 12.2 Å². The maximum atomic E-state index is 14.0. The average Bonchev–Trinajstić information content (AvgIpc) is 4.01. The number of nitrogens with zero attached hydrogens (tertiary/aromatic N) is 4. The van der Waals surface area contributed by atoms with Gasteiger partial charge in [-0.3, -0.25) is 14.5 Å². The number of H-pyrrole nitrogens is 2. The summed E-state index contributed by atoms with van der Waals surface area (Å²) in [6, 6.07) is 18.5. The third-order valence-electron chi connectivity index (χ3n) is 11.1. The number of anilines is 1. The lowest BCUT2D eigenvalue weighted by molar-refractivity contribution is -0.135. The molecule has 5 aromatic rings. The van der Waals surface area contributed by atoms with Crippen LogP contribution in [0.5, 0.6) is 0 Å². The van der Waals surface area contributed by atoms with Gasteiger partial charge in [0.15, 0.2) is 0 Å². The van der Waals surface area contributed by atoms with Gasteiger partial charge in [-0.15, -0.1) is 0 Å². The van der Waals surface area contributed by atoms with Crippen molar-refractivity contribution in [3.05, 3.63) is 89.6 Å². The van der Waals surface area contributed by atoms with E-state index in [1.807, 2.05) is 55.1 Å². The van der Waals surface area contributed by atoms with Crippen molar-refractivity contribution >= 4 is 40.7 Å². The fraction of sp³-hybridized carbons (Fsp3) is 0.366. The Morgan fingerprint density at radius 1 is 0.873 bits per heavy atom. The van der Waals surface area contributed by atoms with Gasteiger partial charge in [0.25, 0.3) is 0 Å². The third kappa shape index (κ3) is 6.66. The minimum atomic E-state index is -0.707. The maximum absolute atomic E-state index is 14.0. The fourth-order valence-corrected chi connectivity index (χ4v) is 8.24. The lowest BCUT2D eigenvalue weighted by Crippen LogP contribution is -2.51. The monoisotopic (exact) mass is 744 g/mol. The van der Waals surface area contributed by atoms with Gasteiger partial charge in [0.05, 0.1) is 54.9 Å². The summed E-state index contributed by atoms with van der Waals surface area (Å²) < 4.78 is 9.57. The van der Waals surface area contributed by atoms with E-state index in [1.54, 1.807) is 11.1 Å². The number of nitrogens with one attached hydrogen (secondary N) is 4. The highest BCUT2D eigenvalue weighted by molar-refractivity contribution is 6.02. The molecule has 0 saturated carbocycles. The van der Waals surface area contributed by atoms with Crippen LogP contribution in [0, 0.1) is 5.92 Å². The second-order valence-electron chi connectivity index (χ2n) is 14.7. The molecule has 55 heavy (non-hydrogen) atoms. The number of carbonyl (C=O) groups excluding carboxylic acids is 4. The SMILES string of the molecule is COC(=O)N[C@H]1CCc2cccc3c2N(C1=O)[C@H](c1nc2ccc(-c4ccc(-c5cnc([C@@H]6CCCN6C(=O)[C@@H](NC(=O)OC)C(C)C)[nH]5)cc4)cc2[nH]1)C3. The molecule has 0 spiro atoms. The summed E-state index contributed by atoms with van der Waals surface area (Å²) in [4.78, 5) is 71.8. The number of hydrogen-bond donors (Lipinski definition) is 4. The summed E-state index contributed by atoms with van der Waals surface area (Å²) >= 11 is 0. The van der Waals surface area contributed by atoms with E-state index in [0.29, 0.717) is 37.5 Å². The van der Waals surface area contributed by atoms with Crippen LogP contribution in [0.2, 0.25) is 0 Å². The lowest BCUT2D eigenvalue weighted by Gasteiger charge is -2.30. The van der Waals surface area contributed by atoms with Crippen molar-refractivity contribution in [3.8, 4) is 22.4 Å². The lowest BCUT2D eigenvalue weighted by atomic mass is 10.0. The number of aromatic amines is 2. The van der Waals surface area contributed by atoms with E-state index in [4.69, 9.17) is 14.5 Å². The number of alkyl carbamates (subject to hydrolysis) is 2. The Hall–Kier alpha value is -6.18. The van der Waals surface area contributed by atoms with Crippen LogP contribution < -0.4 is 15.5 Å². The zero-order valence-electron chi connectivity index (χ0n) is 31.2. The quantitative estimate of drug-likeness (QED) is 0.151. The van der Waals surface area contributed by atoms with Crippen molar-refractivity contribution < 1.29 is 28.7 Å². The topological polar surface area (TPSA) is 175 Å². The fourth-order valence-electron chi connectivity index (χ4n) is 8.24. The van der Waals surface area contributed by atoms with Gasteiger partial charge < -0.3 is 35.0 Å². The van der Waals surface area contributed by atoms with Crippen LogP contribution in [0.15, 0.2) is 66.9 Å². The molecule has 3 aliphatic heterocycles. The second-order valence-corrected chi connectivity index (χ2v) is 14.7. The number of para-hydroxylation sites is 1. The molecule has 4 amide bonds. The van der Waals surface area contributed by atoms with E-state index in [0.717, 1.165) is 63.1 Å². The van der Waals surface area contributed by atoms with Crippen LogP contribution in [0.4, 0.5) is 15.3 Å². The summed E-state index contributed by atoms with van der Waals surface area (Å²) in [6.45, 7) is 4.38. The predicted molar refractivity (Wildman–Crippen MR) is 205 cm³/mol. The van der Waals surface area contributed by atoms with E-state index in [9.17, 15) is 19.2 Å². The molecule has 2 aromatic heterocycles. The molecule has 14 heteroatoms. The summed E-state index contributed by atoms with van der Waals surface area (Å²) in [5.74, 6) is 0.968. The summed E-state index contributed by atoms with van der Waals surface area (Å²) in [7, 11) is 2.58. The Labute approximate surface area is 318 Å². The number of aromatic nitrogens is 4. The molecule has 284 valence electrons. The minimum Gasteiger partial charge on any atom is -0.453 e. The number of carbonyl (C=O) groups is 4. The van der Waals surface area contributed by atoms with Gasteiger partial charge in [0, 0.05) is 13.0 Å². The van der Waals surface area contributed by atoms with Gasteiger partial charge in [-0.05, 0) is 71.6 Å². The number of benzene rings is 3. The van der Waals surface area contributed by atoms with Crippen molar-refractivity contribution in [2.24, 2.45) is 5.92 Å². The molecule has 0 radical (unpaired) electrons. The highest BCUT2D eigenvalue weighted by atomic mass is 16.5. The molecule has 5 heterocycles. The number of rotatable bonds is 8. The first-order valence-electron chi connectivity index (χ1n) is 18.7. The van der Waals surface area contributed by atoms with Crippen molar-refractivity contribution in [3.63, 3.8) is 0 Å². The van der Waals surface area contributed by atoms with Crippen molar-refractivity contribution in [2.75, 3.05) is 25.7 Å². The van der Waals surface area contributed by atoms with E-state index in [1.165, 1.54) is 14.2 Å². The molecule has 8 rings (SSSR count). The number of imidazole rings is 2. The van der Waals surface area contributed by atoms with Crippen molar-refractivity contribution in [2.45, 2.75) is 70.1 Å². The smallest absolute Gasteiger partial charge is 0.407 e. The van der Waals surface area contributed by atoms with E-state index < -0.39 is 24.3 Å². The van der Waals surface area contributed by atoms with Crippen LogP contribution in [-0.2, 0) is 31.9 Å². The standard InChI is InChI=1S/C41H44N8O6/c1-22(2)34(47-41(53)55-4)39(51)48-18-6-9-32(48)36-42-21-31(45-36)24-12-10-23(11-13-24)26-15-16-28-30(19-26)44-37(43-28)33-20-27-8-5-7-25-14-17-29(46-40(52)54-3)38(50)49(33)35(25)27/h5,7-8,10-13,15-16,19,21-22,29,32-34H,6,9,14,17-18,20H2,1-4H3,(H,42,45)(H,43,44)(H,46,52)(H,47,53)/t29-,32-,33-,34-/m0/s1. The van der Waals surface area contributed by atoms with Crippen LogP contribution in [0.3, 0.4) is 0 Å². The number of fused-ring (bicyclic) bond motifs is 1. The third-order valence-corrected chi connectivity index (χ3v) is 11.1. The zero-order valence-corrected chi connectivity index (χ0v) is 31.2. The molecule has 0 unspecified atom stereocenters. The Morgan fingerprint density at radius 3 is 2.38 bits per heavy atom. The molecule has 3 aromatic carbocycles. The first-order chi connectivity index (χ1) is 26.6. The van der Waals surface area contributed by atoms with Crippen molar-refractivity contribution in [1.29, 1.82) is 0 Å². The number of likely N-dealkylation sites (tertiary alicyclic amines) is 1. The number of hydrogen-bond acceptors (Lipinski definition) is 8. The van der Waals surface area contributed by atoms with Crippen LogP contribution in [-0.4, -0.2) is 81.7 Å². The Morgan fingerprint density at radius 2 is 1.62 bits per heavy atom.